The second-order valence-electron chi connectivity index (χ2n) is 3.26. The van der Waals surface area contributed by atoms with E-state index in [-0.39, 0.29) is 4.90 Å². The van der Waals surface area contributed by atoms with Gasteiger partial charge in [0.25, 0.3) is 0 Å². The summed E-state index contributed by atoms with van der Waals surface area (Å²) in [5.41, 5.74) is 0. The molecule has 0 aliphatic rings. The Balaban J connectivity index is 2.18. The molecule has 1 aromatic heterocycles. The fourth-order valence-corrected chi connectivity index (χ4v) is 1.81. The highest BCUT2D eigenvalue weighted by Gasteiger charge is 2.04. The van der Waals surface area contributed by atoms with Crippen LogP contribution in [0.4, 0.5) is 0 Å². The quantitative estimate of drug-likeness (QED) is 0.877. The first kappa shape index (κ1) is 13.3. The maximum absolute atomic E-state index is 10.8. The molecule has 0 saturated heterocycles. The number of ether oxygens (including phenoxy) is 1. The van der Waals surface area contributed by atoms with Gasteiger partial charge in [0.2, 0.25) is 5.88 Å². The van der Waals surface area contributed by atoms with Gasteiger partial charge in [-0.3, -0.25) is 0 Å². The van der Waals surface area contributed by atoms with Crippen LogP contribution in [0.3, 0.4) is 0 Å². The molecule has 7 heteroatoms. The fourth-order valence-electron chi connectivity index (χ4n) is 1.19. The lowest BCUT2D eigenvalue weighted by molar-refractivity contribution is 0.462. The second-order valence-corrected chi connectivity index (χ2v) is 5.04. The molecule has 4 nitrogen and oxygen atoms in total. The number of pyridine rings is 1. The first-order valence-corrected chi connectivity index (χ1v) is 6.62. The van der Waals surface area contributed by atoms with Gasteiger partial charge in [0.05, 0.1) is 14.9 Å². The fraction of sp³-hybridized carbons (Fsp3) is 0. The summed E-state index contributed by atoms with van der Waals surface area (Å²) in [6.07, 6.45) is 1.27. The van der Waals surface area contributed by atoms with Crippen LogP contribution in [0.15, 0.2) is 41.4 Å². The van der Waals surface area contributed by atoms with E-state index in [0.29, 0.717) is 21.7 Å². The Hall–Kier alpha value is -1.14. The van der Waals surface area contributed by atoms with Crippen molar-refractivity contribution in [3.05, 3.63) is 46.6 Å². The number of hydrogen-bond acceptors (Lipinski definition) is 3. The molecule has 1 N–H and O–H groups in total. The van der Waals surface area contributed by atoms with Crippen molar-refractivity contribution in [2.75, 3.05) is 0 Å². The molecule has 0 amide bonds. The minimum atomic E-state index is -2.05. The number of benzene rings is 1. The lowest BCUT2D eigenvalue weighted by Gasteiger charge is -2.05. The Morgan fingerprint density at radius 1 is 1.17 bits per heavy atom. The van der Waals surface area contributed by atoms with Crippen molar-refractivity contribution in [1.82, 2.24) is 4.98 Å². The van der Waals surface area contributed by atoms with Gasteiger partial charge in [-0.1, -0.05) is 23.2 Å². The van der Waals surface area contributed by atoms with Gasteiger partial charge < -0.3 is 9.29 Å². The largest absolute Gasteiger partial charge is 0.439 e. The van der Waals surface area contributed by atoms with Gasteiger partial charge in [-0.2, -0.15) is 0 Å². The summed E-state index contributed by atoms with van der Waals surface area (Å²) in [5, 5.41) is 0.810. The topological polar surface area (TPSA) is 59.4 Å². The van der Waals surface area contributed by atoms with Gasteiger partial charge in [0.15, 0.2) is 11.1 Å². The third kappa shape index (κ3) is 3.20. The van der Waals surface area contributed by atoms with Gasteiger partial charge in [-0.25, -0.2) is 9.19 Å². The van der Waals surface area contributed by atoms with Crippen molar-refractivity contribution in [2.24, 2.45) is 0 Å². The van der Waals surface area contributed by atoms with Crippen LogP contribution < -0.4 is 4.74 Å². The van der Waals surface area contributed by atoms with Gasteiger partial charge in [-0.15, -0.1) is 0 Å². The highest BCUT2D eigenvalue weighted by Crippen LogP contribution is 2.28. The number of nitrogens with zero attached hydrogens (tertiary/aromatic N) is 1. The van der Waals surface area contributed by atoms with E-state index in [1.807, 2.05) is 0 Å². The molecule has 1 atom stereocenters. The molecular weight excluding hydrogens is 297 g/mol. The van der Waals surface area contributed by atoms with Gasteiger partial charge in [0, 0.05) is 18.3 Å². The van der Waals surface area contributed by atoms with Crippen LogP contribution in [0.5, 0.6) is 11.6 Å². The molecule has 1 aromatic carbocycles. The summed E-state index contributed by atoms with van der Waals surface area (Å²) in [4.78, 5) is 4.10. The SMILES string of the molecule is O=S(O)c1ccc(Oc2ccc(Cl)c(Cl)c2)nc1. The average molecular weight is 304 g/mol. The summed E-state index contributed by atoms with van der Waals surface area (Å²) in [6, 6.07) is 7.76. The lowest BCUT2D eigenvalue weighted by Crippen LogP contribution is -1.92. The molecule has 94 valence electrons. The zero-order valence-electron chi connectivity index (χ0n) is 8.84. The molecule has 0 saturated carbocycles. The number of hydrogen-bond donors (Lipinski definition) is 1. The second kappa shape index (κ2) is 5.67. The molecule has 0 bridgehead atoms. The van der Waals surface area contributed by atoms with Crippen molar-refractivity contribution >= 4 is 34.3 Å². The van der Waals surface area contributed by atoms with Gasteiger partial charge in [-0.05, 0) is 18.2 Å². The third-order valence-electron chi connectivity index (χ3n) is 2.02. The molecule has 0 aliphatic carbocycles. The molecule has 1 unspecified atom stereocenters. The Morgan fingerprint density at radius 2 is 1.94 bits per heavy atom. The first-order valence-electron chi connectivity index (χ1n) is 4.76. The number of aromatic nitrogens is 1. The summed E-state index contributed by atoms with van der Waals surface area (Å²) in [5.74, 6) is 0.775. The van der Waals surface area contributed by atoms with E-state index in [0.717, 1.165) is 0 Å². The standard InChI is InChI=1S/C11H7Cl2NO3S/c12-9-3-1-7(5-10(9)13)17-11-4-2-8(6-14-11)18(15)16/h1-6H,(H,15,16). The van der Waals surface area contributed by atoms with Crippen molar-refractivity contribution in [1.29, 1.82) is 0 Å². The minimum absolute atomic E-state index is 0.205. The van der Waals surface area contributed by atoms with Crippen LogP contribution in [-0.2, 0) is 11.1 Å². The smallest absolute Gasteiger partial charge is 0.219 e. The maximum Gasteiger partial charge on any atom is 0.219 e. The molecule has 2 rings (SSSR count). The van der Waals surface area contributed by atoms with Crippen LogP contribution in [0, 0.1) is 0 Å². The van der Waals surface area contributed by atoms with Gasteiger partial charge in [0.1, 0.15) is 5.75 Å². The molecular formula is C11H7Cl2NO3S. The molecule has 0 fully saturated rings. The van der Waals surface area contributed by atoms with Crippen molar-refractivity contribution in [2.45, 2.75) is 4.90 Å². The first-order chi connectivity index (χ1) is 8.56. The Morgan fingerprint density at radius 3 is 2.50 bits per heavy atom. The van der Waals surface area contributed by atoms with Crippen LogP contribution in [-0.4, -0.2) is 13.7 Å². The predicted molar refractivity (Wildman–Crippen MR) is 69.8 cm³/mol. The van der Waals surface area contributed by atoms with E-state index < -0.39 is 11.1 Å². The van der Waals surface area contributed by atoms with Crippen LogP contribution >= 0.6 is 23.2 Å². The number of halogens is 2. The zero-order valence-corrected chi connectivity index (χ0v) is 11.2. The van der Waals surface area contributed by atoms with Crippen LogP contribution in [0.2, 0.25) is 10.0 Å². The van der Waals surface area contributed by atoms with E-state index in [4.69, 9.17) is 32.5 Å². The van der Waals surface area contributed by atoms with Crippen LogP contribution in [0.1, 0.15) is 0 Å². The van der Waals surface area contributed by atoms with Crippen LogP contribution in [0.25, 0.3) is 0 Å². The van der Waals surface area contributed by atoms with E-state index >= 15 is 0 Å². The third-order valence-corrected chi connectivity index (χ3v) is 3.41. The molecule has 0 aliphatic heterocycles. The summed E-state index contributed by atoms with van der Waals surface area (Å²) >= 11 is 9.57. The summed E-state index contributed by atoms with van der Waals surface area (Å²) < 4.78 is 25.0. The van der Waals surface area contributed by atoms with Crippen molar-refractivity contribution < 1.29 is 13.5 Å². The molecule has 18 heavy (non-hydrogen) atoms. The maximum atomic E-state index is 10.8. The monoisotopic (exact) mass is 303 g/mol. The summed E-state index contributed by atoms with van der Waals surface area (Å²) in [7, 11) is 0. The molecule has 0 radical (unpaired) electrons. The van der Waals surface area contributed by atoms with Crippen molar-refractivity contribution in [3.63, 3.8) is 0 Å². The Bertz CT molecular complexity index is 589. The molecule has 2 aromatic rings. The predicted octanol–water partition coefficient (Wildman–Crippen LogP) is 3.76. The summed E-state index contributed by atoms with van der Waals surface area (Å²) in [6.45, 7) is 0. The normalized spacial score (nSPS) is 12.2. The highest BCUT2D eigenvalue weighted by atomic mass is 35.5. The van der Waals surface area contributed by atoms with Gasteiger partial charge >= 0.3 is 0 Å². The van der Waals surface area contributed by atoms with E-state index in [1.54, 1.807) is 18.2 Å². The number of rotatable bonds is 3. The highest BCUT2D eigenvalue weighted by molar-refractivity contribution is 7.79. The minimum Gasteiger partial charge on any atom is -0.439 e. The van der Waals surface area contributed by atoms with E-state index in [2.05, 4.69) is 4.98 Å². The average Bonchev–Trinajstić information content (AvgIpc) is 2.34. The zero-order chi connectivity index (χ0) is 13.1. The van der Waals surface area contributed by atoms with E-state index in [9.17, 15) is 4.21 Å². The molecule has 0 spiro atoms. The van der Waals surface area contributed by atoms with Crippen molar-refractivity contribution in [3.8, 4) is 11.6 Å². The molecule has 1 heterocycles. The lowest BCUT2D eigenvalue weighted by atomic mass is 10.3. The Labute approximate surface area is 116 Å². The Kier molecular flexibility index (Phi) is 4.19. The van der Waals surface area contributed by atoms with E-state index in [1.165, 1.54) is 18.3 Å².